The van der Waals surface area contributed by atoms with Crippen molar-refractivity contribution >= 4 is 28.0 Å². The summed E-state index contributed by atoms with van der Waals surface area (Å²) >= 11 is 3.47. The van der Waals surface area contributed by atoms with Gasteiger partial charge in [-0.3, -0.25) is 4.79 Å². The van der Waals surface area contributed by atoms with Gasteiger partial charge in [-0.1, -0.05) is 22.0 Å². The van der Waals surface area contributed by atoms with Gasteiger partial charge in [-0.2, -0.15) is 0 Å². The third kappa shape index (κ3) is 3.91. The Bertz CT molecular complexity index is 653. The van der Waals surface area contributed by atoms with Crippen molar-refractivity contribution in [2.45, 2.75) is 45.1 Å². The molecule has 5 nitrogen and oxygen atoms in total. The predicted octanol–water partition coefficient (Wildman–Crippen LogP) is 3.67. The van der Waals surface area contributed by atoms with E-state index in [9.17, 15) is 9.59 Å². The van der Waals surface area contributed by atoms with Crippen molar-refractivity contribution in [1.29, 1.82) is 0 Å². The Hall–Kier alpha value is -1.56. The van der Waals surface area contributed by atoms with Crippen molar-refractivity contribution in [3.05, 3.63) is 33.8 Å². The molecule has 0 aliphatic carbocycles. The summed E-state index contributed by atoms with van der Waals surface area (Å²) in [6.45, 7) is 8.01. The Morgan fingerprint density at radius 2 is 1.96 bits per heavy atom. The molecule has 0 spiro atoms. The number of amides is 1. The van der Waals surface area contributed by atoms with Gasteiger partial charge in [0.1, 0.15) is 11.0 Å². The second-order valence-electron chi connectivity index (χ2n) is 7.28. The molecule has 132 valence electrons. The number of ether oxygens (including phenoxy) is 2. The molecule has 1 amide bonds. The molecule has 1 aliphatic heterocycles. The largest absolute Gasteiger partial charge is 0.468 e. The second kappa shape index (κ2) is 6.75. The van der Waals surface area contributed by atoms with Gasteiger partial charge in [0, 0.05) is 17.6 Å². The van der Waals surface area contributed by atoms with Gasteiger partial charge < -0.3 is 14.4 Å². The number of benzene rings is 1. The van der Waals surface area contributed by atoms with Gasteiger partial charge in [0.25, 0.3) is 0 Å². The SMILES string of the molecule is COC(=O)C1(C)CN(C(=O)OC(C)(C)C)CCc2ccc(Br)cc21. The van der Waals surface area contributed by atoms with Gasteiger partial charge in [0.15, 0.2) is 0 Å². The fourth-order valence-electron chi connectivity index (χ4n) is 2.96. The Balaban J connectivity index is 2.42. The van der Waals surface area contributed by atoms with E-state index in [-0.39, 0.29) is 12.5 Å². The average Bonchev–Trinajstić information content (AvgIpc) is 2.63. The first-order chi connectivity index (χ1) is 11.1. The number of halogens is 1. The van der Waals surface area contributed by atoms with Gasteiger partial charge in [-0.25, -0.2) is 4.79 Å². The molecular weight excluding hydrogens is 374 g/mol. The molecule has 1 aromatic rings. The van der Waals surface area contributed by atoms with Crippen LogP contribution in [0.15, 0.2) is 22.7 Å². The quantitative estimate of drug-likeness (QED) is 0.678. The first-order valence-corrected chi connectivity index (χ1v) is 8.71. The summed E-state index contributed by atoms with van der Waals surface area (Å²) in [6.07, 6.45) is 0.249. The zero-order chi connectivity index (χ0) is 18.1. The minimum absolute atomic E-state index is 0.220. The van der Waals surface area contributed by atoms with E-state index in [0.29, 0.717) is 13.0 Å². The lowest BCUT2D eigenvalue weighted by molar-refractivity contribution is -0.147. The zero-order valence-corrected chi connectivity index (χ0v) is 16.4. The highest BCUT2D eigenvalue weighted by Crippen LogP contribution is 2.35. The highest BCUT2D eigenvalue weighted by Gasteiger charge is 2.43. The van der Waals surface area contributed by atoms with Crippen LogP contribution >= 0.6 is 15.9 Å². The Morgan fingerprint density at radius 1 is 1.29 bits per heavy atom. The van der Waals surface area contributed by atoms with Gasteiger partial charge >= 0.3 is 12.1 Å². The first kappa shape index (κ1) is 18.8. The molecular formula is C18H24BrNO4. The summed E-state index contributed by atoms with van der Waals surface area (Å²) in [7, 11) is 1.37. The van der Waals surface area contributed by atoms with Crippen molar-refractivity contribution in [2.75, 3.05) is 20.2 Å². The molecule has 2 rings (SSSR count). The number of rotatable bonds is 1. The molecule has 1 aliphatic rings. The summed E-state index contributed by atoms with van der Waals surface area (Å²) in [5, 5.41) is 0. The average molecular weight is 398 g/mol. The topological polar surface area (TPSA) is 55.8 Å². The molecule has 0 N–H and O–H groups in total. The normalized spacial score (nSPS) is 20.8. The third-order valence-electron chi connectivity index (χ3n) is 4.11. The predicted molar refractivity (Wildman–Crippen MR) is 95.0 cm³/mol. The zero-order valence-electron chi connectivity index (χ0n) is 14.8. The fraction of sp³-hybridized carbons (Fsp3) is 0.556. The van der Waals surface area contributed by atoms with Gasteiger partial charge in [-0.15, -0.1) is 0 Å². The van der Waals surface area contributed by atoms with Crippen molar-refractivity contribution in [3.63, 3.8) is 0 Å². The molecule has 1 aromatic carbocycles. The fourth-order valence-corrected chi connectivity index (χ4v) is 3.32. The maximum atomic E-state index is 12.6. The van der Waals surface area contributed by atoms with E-state index >= 15 is 0 Å². The summed E-state index contributed by atoms with van der Waals surface area (Å²) in [5.74, 6) is -0.364. The maximum absolute atomic E-state index is 12.6. The number of nitrogens with zero attached hydrogens (tertiary/aromatic N) is 1. The third-order valence-corrected chi connectivity index (χ3v) is 4.61. The van der Waals surface area contributed by atoms with E-state index in [0.717, 1.165) is 15.6 Å². The number of hydrogen-bond donors (Lipinski definition) is 0. The van der Waals surface area contributed by atoms with E-state index < -0.39 is 17.1 Å². The lowest BCUT2D eigenvalue weighted by Crippen LogP contribution is -2.47. The van der Waals surface area contributed by atoms with Gasteiger partial charge in [0.2, 0.25) is 0 Å². The van der Waals surface area contributed by atoms with E-state index in [1.165, 1.54) is 7.11 Å². The second-order valence-corrected chi connectivity index (χ2v) is 8.19. The highest BCUT2D eigenvalue weighted by molar-refractivity contribution is 9.10. The van der Waals surface area contributed by atoms with Crippen molar-refractivity contribution in [2.24, 2.45) is 0 Å². The van der Waals surface area contributed by atoms with Crippen LogP contribution in [0.2, 0.25) is 0 Å². The lowest BCUT2D eigenvalue weighted by atomic mass is 9.80. The minimum Gasteiger partial charge on any atom is -0.468 e. The summed E-state index contributed by atoms with van der Waals surface area (Å²) in [6, 6.07) is 5.86. The molecule has 24 heavy (non-hydrogen) atoms. The molecule has 1 heterocycles. The Kier molecular flexibility index (Phi) is 5.28. The van der Waals surface area contributed by atoms with Crippen molar-refractivity contribution in [1.82, 2.24) is 4.90 Å². The van der Waals surface area contributed by atoms with Crippen LogP contribution in [0.25, 0.3) is 0 Å². The molecule has 1 unspecified atom stereocenters. The molecule has 0 bridgehead atoms. The van der Waals surface area contributed by atoms with Crippen LogP contribution in [0.3, 0.4) is 0 Å². The monoisotopic (exact) mass is 397 g/mol. The Morgan fingerprint density at radius 3 is 2.54 bits per heavy atom. The first-order valence-electron chi connectivity index (χ1n) is 7.92. The van der Waals surface area contributed by atoms with Gasteiger partial charge in [-0.05, 0) is 57.4 Å². The molecule has 0 saturated heterocycles. The van der Waals surface area contributed by atoms with Crippen LogP contribution in [0.1, 0.15) is 38.8 Å². The maximum Gasteiger partial charge on any atom is 0.410 e. The Labute approximate surface area is 151 Å². The number of methoxy groups -OCH3 is 1. The van der Waals surface area contributed by atoms with Gasteiger partial charge in [0.05, 0.1) is 7.11 Å². The number of hydrogen-bond acceptors (Lipinski definition) is 4. The van der Waals surface area contributed by atoms with Crippen LogP contribution < -0.4 is 0 Å². The number of carbonyl (C=O) groups is 2. The molecule has 0 radical (unpaired) electrons. The highest BCUT2D eigenvalue weighted by atomic mass is 79.9. The van der Waals surface area contributed by atoms with Crippen molar-refractivity contribution < 1.29 is 19.1 Å². The van der Waals surface area contributed by atoms with Crippen LogP contribution in [-0.2, 0) is 26.1 Å². The van der Waals surface area contributed by atoms with E-state index in [1.807, 2.05) is 45.9 Å². The molecule has 6 heteroatoms. The number of carbonyl (C=O) groups excluding carboxylic acids is 2. The standard InChI is InChI=1S/C18H24BrNO4/c1-17(2,3)24-16(22)20-9-8-12-6-7-13(19)10-14(12)18(4,11-20)15(21)23-5/h6-7,10H,8-9,11H2,1-5H3. The molecule has 0 aromatic heterocycles. The van der Waals surface area contributed by atoms with E-state index in [1.54, 1.807) is 4.90 Å². The van der Waals surface area contributed by atoms with Crippen molar-refractivity contribution in [3.8, 4) is 0 Å². The summed E-state index contributed by atoms with van der Waals surface area (Å²) in [5.41, 5.74) is 0.398. The smallest absolute Gasteiger partial charge is 0.410 e. The van der Waals surface area contributed by atoms with Crippen LogP contribution in [-0.4, -0.2) is 42.8 Å². The summed E-state index contributed by atoms with van der Waals surface area (Å²) < 4.78 is 11.4. The van der Waals surface area contributed by atoms with Crippen LogP contribution in [0, 0.1) is 0 Å². The van der Waals surface area contributed by atoms with Crippen LogP contribution in [0.4, 0.5) is 4.79 Å². The van der Waals surface area contributed by atoms with E-state index in [4.69, 9.17) is 9.47 Å². The lowest BCUT2D eigenvalue weighted by Gasteiger charge is -2.33. The molecule has 1 atom stereocenters. The van der Waals surface area contributed by atoms with Crippen LogP contribution in [0.5, 0.6) is 0 Å². The number of fused-ring (bicyclic) bond motifs is 1. The number of esters is 1. The molecule has 0 fully saturated rings. The molecule has 0 saturated carbocycles. The summed E-state index contributed by atoms with van der Waals surface area (Å²) in [4.78, 5) is 26.7. The van der Waals surface area contributed by atoms with E-state index in [2.05, 4.69) is 15.9 Å². The minimum atomic E-state index is -0.943.